The zero-order valence-corrected chi connectivity index (χ0v) is 20.5. The highest BCUT2D eigenvalue weighted by molar-refractivity contribution is 6.53. The van der Waals surface area contributed by atoms with Crippen molar-refractivity contribution in [1.82, 2.24) is 0 Å². The summed E-state index contributed by atoms with van der Waals surface area (Å²) < 4.78 is 5.32. The van der Waals surface area contributed by atoms with Crippen LogP contribution in [-0.4, -0.2) is 30.6 Å². The van der Waals surface area contributed by atoms with E-state index in [-0.39, 0.29) is 22.2 Å². The van der Waals surface area contributed by atoms with Crippen LogP contribution in [0.25, 0.3) is 0 Å². The Hall–Kier alpha value is -4.43. The number of imide groups is 1. The lowest BCUT2D eigenvalue weighted by molar-refractivity contribution is -0.120. The van der Waals surface area contributed by atoms with Crippen molar-refractivity contribution in [1.29, 1.82) is 0 Å². The molecule has 0 unspecified atom stereocenters. The molecule has 182 valence electrons. The number of hydrogen-bond donors (Lipinski definition) is 2. The number of anilines is 3. The molecule has 0 radical (unpaired) electrons. The number of carbonyl (C=O) groups excluding carboxylic acids is 4. The molecule has 0 bridgehead atoms. The van der Waals surface area contributed by atoms with Crippen molar-refractivity contribution in [2.24, 2.45) is 0 Å². The van der Waals surface area contributed by atoms with Crippen LogP contribution in [-0.2, 0) is 9.59 Å². The zero-order valence-electron chi connectivity index (χ0n) is 19.7. The third kappa shape index (κ3) is 4.85. The van der Waals surface area contributed by atoms with Crippen LogP contribution in [0.2, 0.25) is 0 Å². The summed E-state index contributed by atoms with van der Waals surface area (Å²) in [6, 6.07) is 18.1. The van der Waals surface area contributed by atoms with E-state index in [1.54, 1.807) is 60.7 Å². The summed E-state index contributed by atoms with van der Waals surface area (Å²) in [5.41, 5.74) is 2.77. The number of Topliss-reactive ketones (excluding diaryl/α,β-unsaturated/α-hetero) is 1. The molecule has 1 heterocycles. The predicted octanol–water partition coefficient (Wildman–Crippen LogP) is 4.89. The third-order valence-electron chi connectivity index (χ3n) is 5.55. The van der Waals surface area contributed by atoms with Gasteiger partial charge in [-0.05, 0) is 74.0 Å². The SMILES string of the molecule is COc1ccc(C)cc1N1C(=O)C(Cl)=C(Nc2cccc(C(=O)Nc3ccc(C(C)=O)cc3)c2)C1=O. The number of benzene rings is 3. The van der Waals surface area contributed by atoms with Crippen molar-refractivity contribution in [3.63, 3.8) is 0 Å². The summed E-state index contributed by atoms with van der Waals surface area (Å²) in [6.07, 6.45) is 0. The second-order valence-electron chi connectivity index (χ2n) is 8.10. The molecule has 3 aromatic rings. The van der Waals surface area contributed by atoms with Crippen LogP contribution in [0.3, 0.4) is 0 Å². The Morgan fingerprint density at radius 3 is 2.28 bits per heavy atom. The molecule has 0 aliphatic carbocycles. The quantitative estimate of drug-likeness (QED) is 0.351. The second kappa shape index (κ2) is 10.1. The maximum absolute atomic E-state index is 13.2. The van der Waals surface area contributed by atoms with Gasteiger partial charge in [0.25, 0.3) is 17.7 Å². The van der Waals surface area contributed by atoms with Gasteiger partial charge in [0.2, 0.25) is 0 Å². The molecule has 0 aromatic heterocycles. The molecule has 8 nitrogen and oxygen atoms in total. The van der Waals surface area contributed by atoms with Gasteiger partial charge < -0.3 is 15.4 Å². The molecule has 36 heavy (non-hydrogen) atoms. The lowest BCUT2D eigenvalue weighted by Crippen LogP contribution is -2.32. The van der Waals surface area contributed by atoms with Gasteiger partial charge in [-0.2, -0.15) is 0 Å². The smallest absolute Gasteiger partial charge is 0.283 e. The number of nitrogens with zero attached hydrogens (tertiary/aromatic N) is 1. The fourth-order valence-corrected chi connectivity index (χ4v) is 3.89. The Balaban J connectivity index is 1.54. The molecule has 3 aromatic carbocycles. The minimum Gasteiger partial charge on any atom is -0.495 e. The second-order valence-corrected chi connectivity index (χ2v) is 8.48. The maximum atomic E-state index is 13.2. The van der Waals surface area contributed by atoms with E-state index in [1.807, 2.05) is 6.92 Å². The first kappa shape index (κ1) is 24.7. The highest BCUT2D eigenvalue weighted by atomic mass is 35.5. The summed E-state index contributed by atoms with van der Waals surface area (Å²) in [5, 5.41) is 5.36. The van der Waals surface area contributed by atoms with E-state index >= 15 is 0 Å². The first-order valence-electron chi connectivity index (χ1n) is 10.9. The number of nitrogens with one attached hydrogen (secondary N) is 2. The van der Waals surface area contributed by atoms with E-state index in [0.29, 0.717) is 28.3 Å². The van der Waals surface area contributed by atoms with E-state index in [1.165, 1.54) is 20.1 Å². The molecule has 0 fully saturated rings. The summed E-state index contributed by atoms with van der Waals surface area (Å²) >= 11 is 6.26. The van der Waals surface area contributed by atoms with E-state index in [9.17, 15) is 19.2 Å². The highest BCUT2D eigenvalue weighted by Gasteiger charge is 2.40. The molecule has 0 spiro atoms. The summed E-state index contributed by atoms with van der Waals surface area (Å²) in [7, 11) is 1.45. The third-order valence-corrected chi connectivity index (χ3v) is 5.90. The zero-order chi connectivity index (χ0) is 26.0. The molecule has 4 rings (SSSR count). The van der Waals surface area contributed by atoms with Gasteiger partial charge in [0.05, 0.1) is 12.8 Å². The highest BCUT2D eigenvalue weighted by Crippen LogP contribution is 2.36. The normalized spacial score (nSPS) is 13.2. The fourth-order valence-electron chi connectivity index (χ4n) is 3.68. The number of amides is 3. The summed E-state index contributed by atoms with van der Waals surface area (Å²) in [4.78, 5) is 51.2. The first-order valence-corrected chi connectivity index (χ1v) is 11.3. The molecule has 0 atom stereocenters. The van der Waals surface area contributed by atoms with Crippen LogP contribution >= 0.6 is 11.6 Å². The van der Waals surface area contributed by atoms with Gasteiger partial charge in [0.1, 0.15) is 16.5 Å². The number of ether oxygens (including phenoxy) is 1. The number of hydrogen-bond acceptors (Lipinski definition) is 6. The number of methoxy groups -OCH3 is 1. The molecule has 0 saturated carbocycles. The molecule has 3 amide bonds. The van der Waals surface area contributed by atoms with Crippen molar-refractivity contribution in [2.45, 2.75) is 13.8 Å². The first-order chi connectivity index (χ1) is 17.2. The monoisotopic (exact) mass is 503 g/mol. The van der Waals surface area contributed by atoms with Gasteiger partial charge in [-0.25, -0.2) is 4.90 Å². The van der Waals surface area contributed by atoms with Gasteiger partial charge >= 0.3 is 0 Å². The number of halogens is 1. The van der Waals surface area contributed by atoms with Crippen LogP contribution in [0.1, 0.15) is 33.2 Å². The Morgan fingerprint density at radius 2 is 1.61 bits per heavy atom. The molecular weight excluding hydrogens is 482 g/mol. The lowest BCUT2D eigenvalue weighted by atomic mass is 10.1. The number of aryl methyl sites for hydroxylation is 1. The standard InChI is InChI=1S/C27H22ClN3O5/c1-15-7-12-22(36-3)21(13-15)31-26(34)23(28)24(27(31)35)29-20-6-4-5-18(14-20)25(33)30-19-10-8-17(9-11-19)16(2)32/h4-14,29H,1-3H3,(H,30,33). The van der Waals surface area contributed by atoms with E-state index in [2.05, 4.69) is 10.6 Å². The summed E-state index contributed by atoms with van der Waals surface area (Å²) in [6.45, 7) is 3.30. The van der Waals surface area contributed by atoms with Crippen molar-refractivity contribution < 1.29 is 23.9 Å². The van der Waals surface area contributed by atoms with Crippen molar-refractivity contribution in [3.8, 4) is 5.75 Å². The van der Waals surface area contributed by atoms with E-state index in [4.69, 9.17) is 16.3 Å². The van der Waals surface area contributed by atoms with Crippen LogP contribution in [0, 0.1) is 6.92 Å². The van der Waals surface area contributed by atoms with Crippen LogP contribution in [0.15, 0.2) is 77.5 Å². The average Bonchev–Trinajstić information content (AvgIpc) is 3.07. The van der Waals surface area contributed by atoms with Crippen LogP contribution in [0.5, 0.6) is 5.75 Å². The summed E-state index contributed by atoms with van der Waals surface area (Å²) in [5.74, 6) is -1.44. The van der Waals surface area contributed by atoms with Gasteiger partial charge in [-0.1, -0.05) is 23.7 Å². The van der Waals surface area contributed by atoms with Gasteiger partial charge in [-0.15, -0.1) is 0 Å². The molecule has 1 aliphatic rings. The van der Waals surface area contributed by atoms with Crippen molar-refractivity contribution in [2.75, 3.05) is 22.6 Å². The lowest BCUT2D eigenvalue weighted by Gasteiger charge is -2.18. The molecule has 9 heteroatoms. The molecular formula is C27H22ClN3O5. The Labute approximate surface area is 212 Å². The maximum Gasteiger partial charge on any atom is 0.283 e. The van der Waals surface area contributed by atoms with E-state index < -0.39 is 17.7 Å². The van der Waals surface area contributed by atoms with Gasteiger partial charge in [0.15, 0.2) is 5.78 Å². The van der Waals surface area contributed by atoms with Gasteiger partial charge in [-0.3, -0.25) is 19.2 Å². The molecule has 0 saturated heterocycles. The minimum absolute atomic E-state index is 0.0704. The number of carbonyl (C=O) groups is 4. The predicted molar refractivity (Wildman–Crippen MR) is 138 cm³/mol. The number of ketones is 1. The van der Waals surface area contributed by atoms with E-state index in [0.717, 1.165) is 10.5 Å². The Morgan fingerprint density at radius 1 is 0.889 bits per heavy atom. The largest absolute Gasteiger partial charge is 0.495 e. The Kier molecular flexibility index (Phi) is 6.89. The minimum atomic E-state index is -0.684. The van der Waals surface area contributed by atoms with Crippen molar-refractivity contribution >= 4 is 52.2 Å². The van der Waals surface area contributed by atoms with Gasteiger partial charge in [0, 0.05) is 22.5 Å². The topological polar surface area (TPSA) is 105 Å². The van der Waals surface area contributed by atoms with Crippen molar-refractivity contribution in [3.05, 3.63) is 94.1 Å². The molecule has 1 aliphatic heterocycles. The van der Waals surface area contributed by atoms with Crippen LogP contribution < -0.4 is 20.3 Å². The fraction of sp³-hybridized carbons (Fsp3) is 0.111. The van der Waals surface area contributed by atoms with Crippen LogP contribution in [0.4, 0.5) is 17.1 Å². The molecule has 2 N–H and O–H groups in total. The average molecular weight is 504 g/mol. The number of rotatable bonds is 7. The Bertz CT molecular complexity index is 1430.